The van der Waals surface area contributed by atoms with E-state index in [2.05, 4.69) is 0 Å². The molecule has 0 amide bonds. The molecule has 0 saturated heterocycles. The summed E-state index contributed by atoms with van der Waals surface area (Å²) < 4.78 is 37.5. The molecule has 0 radical (unpaired) electrons. The lowest BCUT2D eigenvalue weighted by Crippen LogP contribution is -2.10. The second-order valence-electron chi connectivity index (χ2n) is 3.36. The van der Waals surface area contributed by atoms with Gasteiger partial charge in [-0.1, -0.05) is 0 Å². The Balaban J connectivity index is 2.62. The van der Waals surface area contributed by atoms with Gasteiger partial charge in [-0.25, -0.2) is 4.79 Å². The molecule has 15 heavy (non-hydrogen) atoms. The number of hydrogen-bond donors (Lipinski definition) is 1. The average molecular weight is 236 g/mol. The molecular formula is C9H7F3O2S. The Hall–Kier alpha value is -1.04. The minimum Gasteiger partial charge on any atom is -0.478 e. The quantitative estimate of drug-likeness (QED) is 0.813. The Morgan fingerprint density at radius 1 is 1.33 bits per heavy atom. The van der Waals surface area contributed by atoms with E-state index in [0.717, 1.165) is 6.42 Å². The van der Waals surface area contributed by atoms with E-state index in [0.29, 0.717) is 34.6 Å². The van der Waals surface area contributed by atoms with Crippen LogP contribution < -0.4 is 0 Å². The van der Waals surface area contributed by atoms with Crippen molar-refractivity contribution in [2.45, 2.75) is 25.4 Å². The molecule has 2 rings (SSSR count). The summed E-state index contributed by atoms with van der Waals surface area (Å²) in [5.41, 5.74) is -0.139. The first-order valence-corrected chi connectivity index (χ1v) is 5.18. The number of aryl methyl sites for hydroxylation is 1. The Labute approximate surface area is 87.3 Å². The van der Waals surface area contributed by atoms with Crippen LogP contribution in [-0.4, -0.2) is 11.1 Å². The van der Waals surface area contributed by atoms with Crippen LogP contribution in [0.3, 0.4) is 0 Å². The Morgan fingerprint density at radius 2 is 2.00 bits per heavy atom. The number of fused-ring (bicyclic) bond motifs is 1. The molecule has 1 aromatic heterocycles. The van der Waals surface area contributed by atoms with Crippen LogP contribution >= 0.6 is 11.3 Å². The standard InChI is InChI=1S/C9H7F3O2S/c10-9(11,12)7-6(8(13)14)4-2-1-3-5(4)15-7/h1-3H2,(H,13,14). The van der Waals surface area contributed by atoms with Crippen molar-refractivity contribution in [1.29, 1.82) is 0 Å². The summed E-state index contributed by atoms with van der Waals surface area (Å²) in [5, 5.41) is 8.79. The van der Waals surface area contributed by atoms with Crippen LogP contribution in [0.2, 0.25) is 0 Å². The lowest BCUT2D eigenvalue weighted by molar-refractivity contribution is -0.134. The average Bonchev–Trinajstić information content (AvgIpc) is 2.56. The van der Waals surface area contributed by atoms with Crippen molar-refractivity contribution >= 4 is 17.3 Å². The lowest BCUT2D eigenvalue weighted by Gasteiger charge is -2.05. The first-order valence-electron chi connectivity index (χ1n) is 4.36. The zero-order chi connectivity index (χ0) is 11.2. The monoisotopic (exact) mass is 236 g/mol. The van der Waals surface area contributed by atoms with E-state index in [9.17, 15) is 18.0 Å². The number of carbonyl (C=O) groups is 1. The molecule has 0 fully saturated rings. The van der Waals surface area contributed by atoms with E-state index in [1.165, 1.54) is 0 Å². The summed E-state index contributed by atoms with van der Waals surface area (Å²) >= 11 is 0.578. The molecule has 0 aromatic carbocycles. The SMILES string of the molecule is O=C(O)c1c(C(F)(F)F)sc2c1CCC2. The molecule has 2 nitrogen and oxygen atoms in total. The zero-order valence-electron chi connectivity index (χ0n) is 7.52. The van der Waals surface area contributed by atoms with Crippen molar-refractivity contribution in [3.8, 4) is 0 Å². The van der Waals surface area contributed by atoms with E-state index in [1.54, 1.807) is 0 Å². The Morgan fingerprint density at radius 3 is 2.53 bits per heavy atom. The number of aromatic carboxylic acids is 1. The fourth-order valence-corrected chi connectivity index (χ4v) is 3.08. The molecule has 6 heteroatoms. The highest BCUT2D eigenvalue weighted by Gasteiger charge is 2.41. The summed E-state index contributed by atoms with van der Waals surface area (Å²) in [6.45, 7) is 0. The van der Waals surface area contributed by atoms with Crippen LogP contribution in [0.15, 0.2) is 0 Å². The third-order valence-corrected chi connectivity index (χ3v) is 3.73. The van der Waals surface area contributed by atoms with Crippen molar-refractivity contribution in [3.05, 3.63) is 20.9 Å². The van der Waals surface area contributed by atoms with Gasteiger partial charge in [0, 0.05) is 4.88 Å². The zero-order valence-corrected chi connectivity index (χ0v) is 8.34. The lowest BCUT2D eigenvalue weighted by atomic mass is 10.1. The van der Waals surface area contributed by atoms with Gasteiger partial charge in [-0.3, -0.25) is 0 Å². The predicted molar refractivity (Wildman–Crippen MR) is 48.3 cm³/mol. The van der Waals surface area contributed by atoms with Gasteiger partial charge in [0.25, 0.3) is 0 Å². The van der Waals surface area contributed by atoms with E-state index in [4.69, 9.17) is 5.11 Å². The molecule has 1 heterocycles. The molecule has 0 aliphatic heterocycles. The smallest absolute Gasteiger partial charge is 0.426 e. The topological polar surface area (TPSA) is 37.3 Å². The molecule has 0 saturated carbocycles. The van der Waals surface area contributed by atoms with Gasteiger partial charge >= 0.3 is 12.1 Å². The van der Waals surface area contributed by atoms with Crippen molar-refractivity contribution < 1.29 is 23.1 Å². The predicted octanol–water partition coefficient (Wildman–Crippen LogP) is 2.95. The minimum atomic E-state index is -4.55. The first kappa shape index (κ1) is 10.5. The highest BCUT2D eigenvalue weighted by Crippen LogP contribution is 2.43. The number of carboxylic acid groups (broad SMARTS) is 1. The molecular weight excluding hydrogens is 229 g/mol. The van der Waals surface area contributed by atoms with Gasteiger partial charge in [0.15, 0.2) is 0 Å². The van der Waals surface area contributed by atoms with E-state index >= 15 is 0 Å². The van der Waals surface area contributed by atoms with Gasteiger partial charge < -0.3 is 5.11 Å². The third kappa shape index (κ3) is 1.62. The van der Waals surface area contributed by atoms with Crippen LogP contribution in [0.25, 0.3) is 0 Å². The third-order valence-electron chi connectivity index (χ3n) is 2.39. The second-order valence-corrected chi connectivity index (χ2v) is 4.47. The molecule has 0 atom stereocenters. The van der Waals surface area contributed by atoms with Crippen molar-refractivity contribution in [2.75, 3.05) is 0 Å². The molecule has 0 bridgehead atoms. The van der Waals surface area contributed by atoms with Gasteiger partial charge in [-0.05, 0) is 24.8 Å². The van der Waals surface area contributed by atoms with Crippen LogP contribution in [0, 0.1) is 0 Å². The van der Waals surface area contributed by atoms with Gasteiger partial charge in [-0.15, -0.1) is 11.3 Å². The summed E-state index contributed by atoms with van der Waals surface area (Å²) in [7, 11) is 0. The number of thiophene rings is 1. The minimum absolute atomic E-state index is 0.389. The van der Waals surface area contributed by atoms with Crippen molar-refractivity contribution in [1.82, 2.24) is 0 Å². The number of alkyl halides is 3. The van der Waals surface area contributed by atoms with E-state index in [1.807, 2.05) is 0 Å². The number of rotatable bonds is 1. The molecule has 0 unspecified atom stereocenters. The van der Waals surface area contributed by atoms with Crippen LogP contribution in [0.4, 0.5) is 13.2 Å². The maximum Gasteiger partial charge on any atom is 0.426 e. The molecule has 1 N–H and O–H groups in total. The van der Waals surface area contributed by atoms with Crippen molar-refractivity contribution in [3.63, 3.8) is 0 Å². The normalized spacial score (nSPS) is 15.4. The highest BCUT2D eigenvalue weighted by atomic mass is 32.1. The molecule has 82 valence electrons. The fraction of sp³-hybridized carbons (Fsp3) is 0.444. The molecule has 1 aromatic rings. The number of halogens is 3. The van der Waals surface area contributed by atoms with Crippen LogP contribution in [0.5, 0.6) is 0 Å². The van der Waals surface area contributed by atoms with Crippen LogP contribution in [-0.2, 0) is 19.0 Å². The summed E-state index contributed by atoms with van der Waals surface area (Å²) in [6, 6.07) is 0. The van der Waals surface area contributed by atoms with Crippen LogP contribution in [0.1, 0.15) is 32.1 Å². The Bertz CT molecular complexity index is 420. The number of hydrogen-bond acceptors (Lipinski definition) is 2. The van der Waals surface area contributed by atoms with Gasteiger partial charge in [-0.2, -0.15) is 13.2 Å². The van der Waals surface area contributed by atoms with E-state index < -0.39 is 22.6 Å². The van der Waals surface area contributed by atoms with Crippen molar-refractivity contribution in [2.24, 2.45) is 0 Å². The maximum atomic E-state index is 12.5. The fourth-order valence-electron chi connectivity index (χ4n) is 1.83. The largest absolute Gasteiger partial charge is 0.478 e. The first-order chi connectivity index (χ1) is 6.91. The molecule has 1 aliphatic rings. The highest BCUT2D eigenvalue weighted by molar-refractivity contribution is 7.12. The van der Waals surface area contributed by atoms with E-state index in [-0.39, 0.29) is 0 Å². The summed E-state index contributed by atoms with van der Waals surface area (Å²) in [5.74, 6) is -1.47. The maximum absolute atomic E-state index is 12.5. The van der Waals surface area contributed by atoms with Gasteiger partial charge in [0.05, 0.1) is 5.56 Å². The molecule has 1 aliphatic carbocycles. The Kier molecular flexibility index (Phi) is 2.26. The second kappa shape index (κ2) is 3.23. The van der Waals surface area contributed by atoms with Gasteiger partial charge in [0.2, 0.25) is 0 Å². The molecule has 0 spiro atoms. The summed E-state index contributed by atoms with van der Waals surface area (Å²) in [6.07, 6.45) is -2.79. The summed E-state index contributed by atoms with van der Waals surface area (Å²) in [4.78, 5) is 10.4. The van der Waals surface area contributed by atoms with Gasteiger partial charge in [0.1, 0.15) is 4.88 Å². The number of carboxylic acids is 1.